The van der Waals surface area contributed by atoms with Crippen LogP contribution in [0.25, 0.3) is 11.4 Å². The Morgan fingerprint density at radius 2 is 1.85 bits per heavy atom. The Kier molecular flexibility index (Phi) is 6.21. The van der Waals surface area contributed by atoms with E-state index in [1.54, 1.807) is 19.1 Å². The Hall–Kier alpha value is -3.63. The van der Waals surface area contributed by atoms with Crippen LogP contribution in [0.5, 0.6) is 5.88 Å². The number of carbonyl (C=O) groups excluding carboxylic acids is 1. The smallest absolute Gasteiger partial charge is 0.434 e. The predicted octanol–water partition coefficient (Wildman–Crippen LogP) is 4.16. The van der Waals surface area contributed by atoms with Crippen LogP contribution in [0.3, 0.4) is 0 Å². The van der Waals surface area contributed by atoms with Gasteiger partial charge in [-0.05, 0) is 31.9 Å². The number of amides is 1. The van der Waals surface area contributed by atoms with E-state index in [1.165, 1.54) is 29.4 Å². The summed E-state index contributed by atoms with van der Waals surface area (Å²) in [5.74, 6) is -1.11. The molecule has 1 aromatic carbocycles. The van der Waals surface area contributed by atoms with Crippen molar-refractivity contribution >= 4 is 5.91 Å². The number of hydrogen-bond acceptors (Lipinski definition) is 6. The van der Waals surface area contributed by atoms with Crippen molar-refractivity contribution in [3.05, 3.63) is 66.1 Å². The van der Waals surface area contributed by atoms with Crippen LogP contribution < -0.4 is 4.74 Å². The second-order valence-electron chi connectivity index (χ2n) is 7.51. The van der Waals surface area contributed by atoms with Crippen LogP contribution in [0.1, 0.15) is 35.8 Å². The summed E-state index contributed by atoms with van der Waals surface area (Å²) in [6.45, 7) is 2.10. The topological polar surface area (TPSA) is 81.1 Å². The minimum atomic E-state index is -4.60. The summed E-state index contributed by atoms with van der Waals surface area (Å²) in [6.07, 6.45) is 0.430. The third kappa shape index (κ3) is 4.76. The molecule has 11 heteroatoms. The minimum Gasteiger partial charge on any atom is -0.471 e. The molecule has 3 heterocycles. The molecule has 3 aromatic rings. The number of likely N-dealkylation sites (tertiary alicyclic amines) is 1. The van der Waals surface area contributed by atoms with E-state index in [-0.39, 0.29) is 22.8 Å². The first kappa shape index (κ1) is 22.6. The third-order valence-corrected chi connectivity index (χ3v) is 5.40. The molecule has 0 spiro atoms. The normalized spacial score (nSPS) is 18.8. The van der Waals surface area contributed by atoms with Crippen LogP contribution in [-0.4, -0.2) is 49.4 Å². The molecule has 33 heavy (non-hydrogen) atoms. The van der Waals surface area contributed by atoms with Gasteiger partial charge in [0.15, 0.2) is 11.5 Å². The van der Waals surface area contributed by atoms with Gasteiger partial charge in [0.25, 0.3) is 5.91 Å². The zero-order valence-electron chi connectivity index (χ0n) is 17.5. The summed E-state index contributed by atoms with van der Waals surface area (Å²) in [5, 5.41) is 0. The number of ether oxygens (including phenoxy) is 1. The van der Waals surface area contributed by atoms with Gasteiger partial charge in [0.1, 0.15) is 11.9 Å². The number of alkyl halides is 3. The van der Waals surface area contributed by atoms with E-state index in [1.807, 2.05) is 0 Å². The van der Waals surface area contributed by atoms with E-state index in [9.17, 15) is 22.4 Å². The molecule has 0 N–H and O–H groups in total. The number of carbonyl (C=O) groups is 1. The van der Waals surface area contributed by atoms with Crippen molar-refractivity contribution in [2.45, 2.75) is 38.1 Å². The number of hydrogen-bond donors (Lipinski definition) is 0. The Labute approximate surface area is 186 Å². The molecule has 1 fully saturated rings. The van der Waals surface area contributed by atoms with Gasteiger partial charge in [-0.15, -0.1) is 0 Å². The first-order valence-corrected chi connectivity index (χ1v) is 10.2. The van der Waals surface area contributed by atoms with E-state index in [2.05, 4.69) is 19.9 Å². The number of halogens is 4. The molecule has 1 amide bonds. The fraction of sp³-hybridized carbons (Fsp3) is 0.318. The number of benzene rings is 1. The average Bonchev–Trinajstić information content (AvgIpc) is 2.80. The molecule has 7 nitrogen and oxygen atoms in total. The van der Waals surface area contributed by atoms with Gasteiger partial charge in [-0.1, -0.05) is 12.1 Å². The summed E-state index contributed by atoms with van der Waals surface area (Å²) in [4.78, 5) is 30.2. The van der Waals surface area contributed by atoms with Gasteiger partial charge >= 0.3 is 6.18 Å². The second kappa shape index (κ2) is 9.08. The third-order valence-electron chi connectivity index (χ3n) is 5.40. The molecular weight excluding hydrogens is 442 g/mol. The minimum absolute atomic E-state index is 0.0848. The molecule has 0 saturated carbocycles. The average molecular weight is 461 g/mol. The van der Waals surface area contributed by atoms with Gasteiger partial charge in [0.05, 0.1) is 24.0 Å². The summed E-state index contributed by atoms with van der Waals surface area (Å²) < 4.78 is 58.7. The van der Waals surface area contributed by atoms with Crippen LogP contribution in [0, 0.1) is 5.82 Å². The summed E-state index contributed by atoms with van der Waals surface area (Å²) in [6, 6.07) is 5.36. The lowest BCUT2D eigenvalue weighted by molar-refractivity contribution is -0.141. The highest BCUT2D eigenvalue weighted by Gasteiger charge is 2.36. The zero-order valence-corrected chi connectivity index (χ0v) is 17.5. The van der Waals surface area contributed by atoms with Crippen LogP contribution >= 0.6 is 0 Å². The van der Waals surface area contributed by atoms with Gasteiger partial charge in [0, 0.05) is 24.5 Å². The van der Waals surface area contributed by atoms with Gasteiger partial charge in [-0.2, -0.15) is 13.2 Å². The number of aromatic nitrogens is 4. The number of rotatable bonds is 4. The molecule has 0 radical (unpaired) electrons. The molecule has 4 rings (SSSR count). The van der Waals surface area contributed by atoms with E-state index in [0.29, 0.717) is 25.6 Å². The van der Waals surface area contributed by atoms with Crippen molar-refractivity contribution in [3.8, 4) is 17.3 Å². The molecule has 0 unspecified atom stereocenters. The highest BCUT2D eigenvalue weighted by molar-refractivity contribution is 6.00. The SMILES string of the molecule is C[C@H]1[C@H](Oc2cnc(C(F)(F)F)cn2)CCCN1C(=O)c1c(F)cccc1-c1ncccn1. The molecule has 0 bridgehead atoms. The first-order valence-electron chi connectivity index (χ1n) is 10.2. The van der Waals surface area contributed by atoms with Crippen molar-refractivity contribution in [2.75, 3.05) is 6.54 Å². The van der Waals surface area contributed by atoms with Gasteiger partial charge in [0.2, 0.25) is 5.88 Å². The fourth-order valence-corrected chi connectivity index (χ4v) is 3.74. The first-order chi connectivity index (χ1) is 15.8. The molecule has 1 saturated heterocycles. The largest absolute Gasteiger partial charge is 0.471 e. The molecular formula is C22H19F4N5O2. The van der Waals surface area contributed by atoms with Crippen LogP contribution in [-0.2, 0) is 6.18 Å². The maximum Gasteiger partial charge on any atom is 0.434 e. The lowest BCUT2D eigenvalue weighted by atomic mass is 9.97. The van der Waals surface area contributed by atoms with Crippen molar-refractivity contribution in [3.63, 3.8) is 0 Å². The van der Waals surface area contributed by atoms with Crippen LogP contribution in [0.4, 0.5) is 17.6 Å². The van der Waals surface area contributed by atoms with E-state index < -0.39 is 35.7 Å². The van der Waals surface area contributed by atoms with Gasteiger partial charge < -0.3 is 9.64 Å². The Morgan fingerprint density at radius 1 is 1.09 bits per heavy atom. The molecule has 2 atom stereocenters. The van der Waals surface area contributed by atoms with Gasteiger partial charge in [-0.25, -0.2) is 24.3 Å². The van der Waals surface area contributed by atoms with E-state index >= 15 is 0 Å². The van der Waals surface area contributed by atoms with Crippen molar-refractivity contribution in [2.24, 2.45) is 0 Å². The van der Waals surface area contributed by atoms with Crippen LogP contribution in [0.15, 0.2) is 49.1 Å². The number of nitrogens with zero attached hydrogens (tertiary/aromatic N) is 5. The molecule has 0 aliphatic carbocycles. The predicted molar refractivity (Wildman–Crippen MR) is 109 cm³/mol. The Bertz CT molecular complexity index is 1130. The molecule has 1 aliphatic heterocycles. The quantitative estimate of drug-likeness (QED) is 0.543. The highest BCUT2D eigenvalue weighted by Crippen LogP contribution is 2.30. The van der Waals surface area contributed by atoms with Gasteiger partial charge in [-0.3, -0.25) is 4.79 Å². The van der Waals surface area contributed by atoms with Crippen molar-refractivity contribution in [1.82, 2.24) is 24.8 Å². The maximum absolute atomic E-state index is 14.8. The lowest BCUT2D eigenvalue weighted by Crippen LogP contribution is -2.51. The summed E-state index contributed by atoms with van der Waals surface area (Å²) in [5.41, 5.74) is -1.01. The maximum atomic E-state index is 14.8. The van der Waals surface area contributed by atoms with Crippen molar-refractivity contribution < 1.29 is 27.1 Å². The fourth-order valence-electron chi connectivity index (χ4n) is 3.74. The second-order valence-corrected chi connectivity index (χ2v) is 7.51. The summed E-state index contributed by atoms with van der Waals surface area (Å²) >= 11 is 0. The summed E-state index contributed by atoms with van der Waals surface area (Å²) in [7, 11) is 0. The monoisotopic (exact) mass is 461 g/mol. The molecule has 1 aliphatic rings. The van der Waals surface area contributed by atoms with Crippen molar-refractivity contribution in [1.29, 1.82) is 0 Å². The standard InChI is InChI=1S/C22H19F4N5O2/c1-13-16(33-18-12-29-17(11-30-18)22(24,25)26)7-3-10-31(13)21(32)19-14(5-2-6-15(19)23)20-27-8-4-9-28-20/h2,4-6,8-9,11-13,16H,3,7,10H2,1H3/t13-,16+/m0/s1. The Balaban J connectivity index is 1.56. The lowest BCUT2D eigenvalue weighted by Gasteiger charge is -2.39. The van der Waals surface area contributed by atoms with E-state index in [4.69, 9.17) is 4.74 Å². The molecule has 172 valence electrons. The van der Waals surface area contributed by atoms with Crippen LogP contribution in [0.2, 0.25) is 0 Å². The Morgan fingerprint density at radius 3 is 2.52 bits per heavy atom. The highest BCUT2D eigenvalue weighted by atomic mass is 19.4. The molecule has 2 aromatic heterocycles. The number of piperidine rings is 1. The zero-order chi connectivity index (χ0) is 23.6. The van der Waals surface area contributed by atoms with E-state index in [0.717, 1.165) is 6.20 Å².